The van der Waals surface area contributed by atoms with Crippen molar-refractivity contribution in [1.82, 2.24) is 9.38 Å². The van der Waals surface area contributed by atoms with Gasteiger partial charge in [-0.15, -0.1) is 0 Å². The van der Waals surface area contributed by atoms with E-state index in [1.165, 1.54) is 11.3 Å². The van der Waals surface area contributed by atoms with E-state index < -0.39 is 0 Å². The number of imidazole rings is 1. The molecule has 2 aromatic rings. The summed E-state index contributed by atoms with van der Waals surface area (Å²) in [6, 6.07) is 0. The molecule has 0 saturated carbocycles. The fourth-order valence-corrected chi connectivity index (χ4v) is 2.29. The SMILES string of the molecule is CCOC(=O)Cc1cn2cc(Cl)sc2n1. The molecule has 0 N–H and O–H groups in total. The van der Waals surface area contributed by atoms with Gasteiger partial charge in [0.05, 0.1) is 18.7 Å². The normalized spacial score (nSPS) is 10.8. The molecule has 0 unspecified atom stereocenters. The second-order valence-corrected chi connectivity index (χ2v) is 4.58. The zero-order chi connectivity index (χ0) is 10.8. The summed E-state index contributed by atoms with van der Waals surface area (Å²) in [5.41, 5.74) is 0.705. The van der Waals surface area contributed by atoms with E-state index in [1.54, 1.807) is 19.3 Å². The second-order valence-electron chi connectivity index (χ2n) is 2.94. The first kappa shape index (κ1) is 10.4. The lowest BCUT2D eigenvalue weighted by atomic mass is 10.3. The molecule has 0 radical (unpaired) electrons. The average molecular weight is 245 g/mol. The van der Waals surface area contributed by atoms with Crippen molar-refractivity contribution in [3.63, 3.8) is 0 Å². The number of nitrogens with zero attached hydrogens (tertiary/aromatic N) is 2. The first-order chi connectivity index (χ1) is 7.19. The van der Waals surface area contributed by atoms with Gasteiger partial charge in [-0.1, -0.05) is 22.9 Å². The molecule has 6 heteroatoms. The molecule has 0 aromatic carbocycles. The molecule has 0 atom stereocenters. The van der Waals surface area contributed by atoms with Crippen LogP contribution in [0.15, 0.2) is 12.4 Å². The number of hydrogen-bond donors (Lipinski definition) is 0. The van der Waals surface area contributed by atoms with Crippen LogP contribution < -0.4 is 0 Å². The van der Waals surface area contributed by atoms with Gasteiger partial charge in [-0.2, -0.15) is 0 Å². The maximum absolute atomic E-state index is 11.2. The number of ether oxygens (including phenoxy) is 1. The summed E-state index contributed by atoms with van der Waals surface area (Å²) >= 11 is 7.18. The zero-order valence-electron chi connectivity index (χ0n) is 8.07. The average Bonchev–Trinajstić information content (AvgIpc) is 2.60. The van der Waals surface area contributed by atoms with Gasteiger partial charge in [0.2, 0.25) is 0 Å². The summed E-state index contributed by atoms with van der Waals surface area (Å²) in [6.45, 7) is 2.18. The van der Waals surface area contributed by atoms with Gasteiger partial charge < -0.3 is 4.74 Å². The molecule has 4 nitrogen and oxygen atoms in total. The van der Waals surface area contributed by atoms with Crippen molar-refractivity contribution in [2.24, 2.45) is 0 Å². The van der Waals surface area contributed by atoms with Crippen molar-refractivity contribution in [2.75, 3.05) is 6.61 Å². The first-order valence-electron chi connectivity index (χ1n) is 4.47. The minimum absolute atomic E-state index is 0.208. The predicted octanol–water partition coefficient (Wildman–Crippen LogP) is 2.15. The maximum Gasteiger partial charge on any atom is 0.311 e. The van der Waals surface area contributed by atoms with E-state index in [2.05, 4.69) is 4.98 Å². The topological polar surface area (TPSA) is 43.6 Å². The summed E-state index contributed by atoms with van der Waals surface area (Å²) in [7, 11) is 0. The Morgan fingerprint density at radius 1 is 1.67 bits per heavy atom. The number of halogens is 1. The van der Waals surface area contributed by atoms with Gasteiger partial charge in [0, 0.05) is 12.4 Å². The van der Waals surface area contributed by atoms with Gasteiger partial charge in [-0.3, -0.25) is 9.20 Å². The van der Waals surface area contributed by atoms with E-state index in [4.69, 9.17) is 16.3 Å². The van der Waals surface area contributed by atoms with E-state index in [1.807, 2.05) is 4.40 Å². The van der Waals surface area contributed by atoms with Crippen LogP contribution in [-0.4, -0.2) is 22.0 Å². The summed E-state index contributed by atoms with van der Waals surface area (Å²) in [5, 5.41) is 0. The Morgan fingerprint density at radius 2 is 2.47 bits per heavy atom. The van der Waals surface area contributed by atoms with Gasteiger partial charge in [-0.05, 0) is 6.92 Å². The maximum atomic E-state index is 11.2. The zero-order valence-corrected chi connectivity index (χ0v) is 9.64. The summed E-state index contributed by atoms with van der Waals surface area (Å²) in [5.74, 6) is -0.255. The Kier molecular flexibility index (Phi) is 2.93. The fourth-order valence-electron chi connectivity index (χ4n) is 1.26. The summed E-state index contributed by atoms with van der Waals surface area (Å²) < 4.78 is 7.32. The molecule has 2 heterocycles. The molecule has 80 valence electrons. The fraction of sp³-hybridized carbons (Fsp3) is 0.333. The highest BCUT2D eigenvalue weighted by atomic mass is 35.5. The lowest BCUT2D eigenvalue weighted by Crippen LogP contribution is -2.07. The van der Waals surface area contributed by atoms with Gasteiger partial charge in [0.1, 0.15) is 4.34 Å². The molecule has 0 aliphatic carbocycles. The Hall–Kier alpha value is -1.07. The van der Waals surface area contributed by atoms with Crippen molar-refractivity contribution < 1.29 is 9.53 Å². The third-order valence-corrected chi connectivity index (χ3v) is 2.92. The van der Waals surface area contributed by atoms with Crippen molar-refractivity contribution >= 4 is 33.9 Å². The first-order valence-corrected chi connectivity index (χ1v) is 5.67. The molecule has 0 amide bonds. The number of thiazole rings is 1. The molecule has 0 saturated heterocycles. The van der Waals surface area contributed by atoms with Gasteiger partial charge in [0.25, 0.3) is 0 Å². The van der Waals surface area contributed by atoms with Crippen LogP contribution in [0.2, 0.25) is 4.34 Å². The Morgan fingerprint density at radius 3 is 3.13 bits per heavy atom. The number of hydrogen-bond acceptors (Lipinski definition) is 4. The van der Waals surface area contributed by atoms with E-state index in [9.17, 15) is 4.79 Å². The van der Waals surface area contributed by atoms with Gasteiger partial charge in [0.15, 0.2) is 4.96 Å². The highest BCUT2D eigenvalue weighted by Crippen LogP contribution is 2.22. The number of aromatic nitrogens is 2. The largest absolute Gasteiger partial charge is 0.466 e. The van der Waals surface area contributed by atoms with Gasteiger partial charge >= 0.3 is 5.97 Å². The van der Waals surface area contributed by atoms with Crippen LogP contribution in [0.5, 0.6) is 0 Å². The van der Waals surface area contributed by atoms with Crippen LogP contribution in [0.1, 0.15) is 12.6 Å². The lowest BCUT2D eigenvalue weighted by molar-refractivity contribution is -0.142. The van der Waals surface area contributed by atoms with Crippen LogP contribution in [0.3, 0.4) is 0 Å². The number of fused-ring (bicyclic) bond motifs is 1. The third kappa shape index (κ3) is 2.30. The monoisotopic (exact) mass is 244 g/mol. The molecule has 0 spiro atoms. The molecular formula is C9H9ClN2O2S. The second kappa shape index (κ2) is 4.20. The summed E-state index contributed by atoms with van der Waals surface area (Å²) in [6.07, 6.45) is 3.76. The molecule has 0 bridgehead atoms. The summed E-state index contributed by atoms with van der Waals surface area (Å²) in [4.78, 5) is 16.2. The number of carbonyl (C=O) groups is 1. The van der Waals surface area contributed by atoms with Crippen molar-refractivity contribution in [1.29, 1.82) is 0 Å². The van der Waals surface area contributed by atoms with E-state index in [-0.39, 0.29) is 12.4 Å². The van der Waals surface area contributed by atoms with Gasteiger partial charge in [-0.25, -0.2) is 4.98 Å². The van der Waals surface area contributed by atoms with Crippen molar-refractivity contribution in [2.45, 2.75) is 13.3 Å². The van der Waals surface area contributed by atoms with E-state index >= 15 is 0 Å². The van der Waals surface area contributed by atoms with Crippen molar-refractivity contribution in [3.05, 3.63) is 22.4 Å². The number of carbonyl (C=O) groups excluding carboxylic acids is 1. The molecule has 15 heavy (non-hydrogen) atoms. The van der Waals surface area contributed by atoms with Crippen LogP contribution in [0, 0.1) is 0 Å². The van der Waals surface area contributed by atoms with E-state index in [0.717, 1.165) is 4.96 Å². The number of esters is 1. The highest BCUT2D eigenvalue weighted by Gasteiger charge is 2.09. The molecule has 2 aromatic heterocycles. The van der Waals surface area contributed by atoms with Crippen LogP contribution in [-0.2, 0) is 16.0 Å². The Bertz CT molecular complexity index is 460. The smallest absolute Gasteiger partial charge is 0.311 e. The third-order valence-electron chi connectivity index (χ3n) is 1.81. The highest BCUT2D eigenvalue weighted by molar-refractivity contribution is 7.20. The molecule has 0 aliphatic rings. The van der Waals surface area contributed by atoms with Crippen LogP contribution >= 0.6 is 22.9 Å². The minimum Gasteiger partial charge on any atom is -0.466 e. The van der Waals surface area contributed by atoms with Crippen LogP contribution in [0.25, 0.3) is 4.96 Å². The van der Waals surface area contributed by atoms with E-state index in [0.29, 0.717) is 16.6 Å². The quantitative estimate of drug-likeness (QED) is 0.777. The predicted molar refractivity (Wildman–Crippen MR) is 58.4 cm³/mol. The minimum atomic E-state index is -0.255. The standard InChI is InChI=1S/C9H9ClN2O2S/c1-2-14-8(13)3-6-4-12-5-7(10)15-9(12)11-6/h4-5H,2-3H2,1H3. The molecular weight excluding hydrogens is 236 g/mol. The molecule has 0 aliphatic heterocycles. The lowest BCUT2D eigenvalue weighted by Gasteiger charge is -1.97. The number of rotatable bonds is 3. The van der Waals surface area contributed by atoms with Crippen molar-refractivity contribution in [3.8, 4) is 0 Å². The molecule has 2 rings (SSSR count). The van der Waals surface area contributed by atoms with Crippen LogP contribution in [0.4, 0.5) is 0 Å². The molecule has 0 fully saturated rings. The Labute approximate surface area is 95.4 Å². The Balaban J connectivity index is 2.15.